The number of hydrogen-bond donors (Lipinski definition) is 0. The van der Waals surface area contributed by atoms with Gasteiger partial charge in [-0.05, 0) is 12.5 Å². The molecule has 2 rings (SSSR count). The lowest BCUT2D eigenvalue weighted by Crippen LogP contribution is -1.95. The highest BCUT2D eigenvalue weighted by Crippen LogP contribution is 2.29. The molecule has 0 amide bonds. The molecular weight excluding hydrogens is 251 g/mol. The van der Waals surface area contributed by atoms with E-state index < -0.39 is 0 Å². The predicted octanol–water partition coefficient (Wildman–Crippen LogP) is 3.69. The Morgan fingerprint density at radius 1 is 1.40 bits per heavy atom. The normalized spacial score (nSPS) is 11.1. The van der Waals surface area contributed by atoms with Crippen LogP contribution in [-0.4, -0.2) is 15.8 Å². The fourth-order valence-corrected chi connectivity index (χ4v) is 2.80. The number of hydrogen-bond acceptors (Lipinski definition) is 3. The van der Waals surface area contributed by atoms with Crippen molar-refractivity contribution in [2.75, 3.05) is 5.88 Å². The Morgan fingerprint density at radius 3 is 2.87 bits per heavy atom. The third-order valence-electron chi connectivity index (χ3n) is 2.11. The summed E-state index contributed by atoms with van der Waals surface area (Å²) in [5, 5.41) is 1.49. The summed E-state index contributed by atoms with van der Waals surface area (Å²) < 4.78 is 0. The maximum absolute atomic E-state index is 6.08. The Labute approximate surface area is 102 Å². The van der Waals surface area contributed by atoms with Crippen molar-refractivity contribution in [1.82, 2.24) is 9.97 Å². The lowest BCUT2D eigenvalue weighted by Gasteiger charge is -1.97. The molecule has 0 aliphatic rings. The third kappa shape index (κ3) is 2.25. The van der Waals surface area contributed by atoms with E-state index in [9.17, 15) is 0 Å². The molecule has 0 aliphatic heterocycles. The smallest absolute Gasteiger partial charge is 0.141 e. The van der Waals surface area contributed by atoms with Crippen LogP contribution in [0.3, 0.4) is 0 Å². The Morgan fingerprint density at radius 2 is 2.20 bits per heavy atom. The van der Waals surface area contributed by atoms with Crippen molar-refractivity contribution in [3.8, 4) is 0 Å². The first-order valence-electron chi connectivity index (χ1n) is 4.75. The molecule has 2 nitrogen and oxygen atoms in total. The summed E-state index contributed by atoms with van der Waals surface area (Å²) in [5.41, 5.74) is 0. The molecule has 15 heavy (non-hydrogen) atoms. The quantitative estimate of drug-likeness (QED) is 0.622. The lowest BCUT2D eigenvalue weighted by atomic mass is 10.3. The molecule has 0 radical (unpaired) electrons. The molecule has 80 valence electrons. The molecule has 0 unspecified atom stereocenters. The molecule has 0 saturated carbocycles. The maximum atomic E-state index is 6.08. The minimum absolute atomic E-state index is 0.522. The molecule has 0 fully saturated rings. The first-order chi connectivity index (χ1) is 7.24. The van der Waals surface area contributed by atoms with E-state index >= 15 is 0 Å². The number of nitrogens with zero attached hydrogens (tertiary/aromatic N) is 2. The lowest BCUT2D eigenvalue weighted by molar-refractivity contribution is 0.970. The molecule has 0 aromatic carbocycles. The average molecular weight is 261 g/mol. The van der Waals surface area contributed by atoms with Gasteiger partial charge >= 0.3 is 0 Å². The summed E-state index contributed by atoms with van der Waals surface area (Å²) in [5.74, 6) is 1.25. The molecule has 0 N–H and O–H groups in total. The fourth-order valence-electron chi connectivity index (χ4n) is 1.35. The third-order valence-corrected chi connectivity index (χ3v) is 3.76. The van der Waals surface area contributed by atoms with Gasteiger partial charge in [0.15, 0.2) is 0 Å². The highest BCUT2D eigenvalue weighted by atomic mass is 35.5. The molecule has 2 aromatic heterocycles. The zero-order chi connectivity index (χ0) is 10.8. The van der Waals surface area contributed by atoms with Gasteiger partial charge in [-0.2, -0.15) is 0 Å². The van der Waals surface area contributed by atoms with Gasteiger partial charge in [0, 0.05) is 22.6 Å². The van der Waals surface area contributed by atoms with Gasteiger partial charge in [-0.15, -0.1) is 22.9 Å². The molecule has 0 spiro atoms. The zero-order valence-electron chi connectivity index (χ0n) is 8.26. The minimum Gasteiger partial charge on any atom is -0.222 e. The van der Waals surface area contributed by atoms with Gasteiger partial charge in [-0.1, -0.05) is 18.5 Å². The van der Waals surface area contributed by atoms with Crippen LogP contribution >= 0.6 is 34.5 Å². The van der Waals surface area contributed by atoms with E-state index in [1.165, 1.54) is 4.88 Å². The van der Waals surface area contributed by atoms with Crippen molar-refractivity contribution in [1.29, 1.82) is 0 Å². The predicted molar refractivity (Wildman–Crippen MR) is 66.2 cm³/mol. The summed E-state index contributed by atoms with van der Waals surface area (Å²) in [7, 11) is 0. The van der Waals surface area contributed by atoms with E-state index in [1.807, 2.05) is 0 Å². The molecule has 2 aromatic rings. The number of aromatic nitrogens is 2. The zero-order valence-corrected chi connectivity index (χ0v) is 10.6. The largest absolute Gasteiger partial charge is 0.222 e. The summed E-state index contributed by atoms with van der Waals surface area (Å²) >= 11 is 13.4. The summed E-state index contributed by atoms with van der Waals surface area (Å²) in [6.45, 7) is 2.12. The highest BCUT2D eigenvalue weighted by Gasteiger charge is 2.09. The van der Waals surface area contributed by atoms with E-state index in [-0.39, 0.29) is 0 Å². The van der Waals surface area contributed by atoms with Gasteiger partial charge in [0.1, 0.15) is 15.8 Å². The minimum atomic E-state index is 0.522. The van der Waals surface area contributed by atoms with Crippen LogP contribution in [0.4, 0.5) is 0 Å². The topological polar surface area (TPSA) is 25.8 Å². The molecule has 0 aliphatic carbocycles. The molecule has 0 atom stereocenters. The molecule has 5 heteroatoms. The van der Waals surface area contributed by atoms with Crippen molar-refractivity contribution in [2.45, 2.75) is 19.8 Å². The van der Waals surface area contributed by atoms with Crippen molar-refractivity contribution in [3.05, 3.63) is 21.9 Å². The number of thiophene rings is 1. The van der Waals surface area contributed by atoms with E-state index in [1.54, 1.807) is 11.3 Å². The molecule has 0 bridgehead atoms. The van der Waals surface area contributed by atoms with Crippen molar-refractivity contribution < 1.29 is 0 Å². The van der Waals surface area contributed by atoms with Crippen molar-refractivity contribution in [3.63, 3.8) is 0 Å². The van der Waals surface area contributed by atoms with Gasteiger partial charge in [-0.25, -0.2) is 9.97 Å². The van der Waals surface area contributed by atoms with Crippen LogP contribution in [0.15, 0.2) is 6.07 Å². The van der Waals surface area contributed by atoms with Crippen molar-refractivity contribution in [2.24, 2.45) is 0 Å². The average Bonchev–Trinajstić information content (AvgIpc) is 2.62. The highest BCUT2D eigenvalue weighted by molar-refractivity contribution is 7.18. The van der Waals surface area contributed by atoms with Gasteiger partial charge in [0.25, 0.3) is 0 Å². The standard InChI is InChI=1S/C10H10Cl2N2S/c1-2-6-5-7-9(12)13-8(3-4-11)14-10(7)15-6/h5H,2-4H2,1H3. The second kappa shape index (κ2) is 4.64. The van der Waals surface area contributed by atoms with E-state index in [2.05, 4.69) is 23.0 Å². The molecular formula is C10H10Cl2N2S. The van der Waals surface area contributed by atoms with E-state index in [0.717, 1.165) is 22.5 Å². The van der Waals surface area contributed by atoms with Crippen LogP contribution < -0.4 is 0 Å². The summed E-state index contributed by atoms with van der Waals surface area (Å²) in [4.78, 5) is 10.9. The van der Waals surface area contributed by atoms with Crippen LogP contribution in [0.25, 0.3) is 10.2 Å². The van der Waals surface area contributed by atoms with Crippen LogP contribution in [0.2, 0.25) is 5.15 Å². The van der Waals surface area contributed by atoms with E-state index in [4.69, 9.17) is 23.2 Å². The molecule has 2 heterocycles. The van der Waals surface area contributed by atoms with Crippen LogP contribution in [-0.2, 0) is 12.8 Å². The monoisotopic (exact) mass is 260 g/mol. The van der Waals surface area contributed by atoms with Crippen LogP contribution in [0.5, 0.6) is 0 Å². The summed E-state index contributed by atoms with van der Waals surface area (Å²) in [6.07, 6.45) is 1.67. The van der Waals surface area contributed by atoms with Crippen LogP contribution in [0.1, 0.15) is 17.6 Å². The van der Waals surface area contributed by atoms with Gasteiger partial charge in [0.2, 0.25) is 0 Å². The number of rotatable bonds is 3. The van der Waals surface area contributed by atoms with Gasteiger partial charge in [0.05, 0.1) is 0 Å². The van der Waals surface area contributed by atoms with Gasteiger partial charge < -0.3 is 0 Å². The number of halogens is 2. The maximum Gasteiger partial charge on any atom is 0.141 e. The Balaban J connectivity index is 2.54. The Hall–Kier alpha value is -0.380. The fraction of sp³-hybridized carbons (Fsp3) is 0.400. The summed E-state index contributed by atoms with van der Waals surface area (Å²) in [6, 6.07) is 2.06. The SMILES string of the molecule is CCc1cc2c(Cl)nc(CCCl)nc2s1. The Kier molecular flexibility index (Phi) is 3.44. The van der Waals surface area contributed by atoms with E-state index in [0.29, 0.717) is 17.5 Å². The number of alkyl halides is 1. The second-order valence-electron chi connectivity index (χ2n) is 3.15. The van der Waals surface area contributed by atoms with Crippen molar-refractivity contribution >= 4 is 44.8 Å². The first kappa shape index (κ1) is 11.1. The first-order valence-corrected chi connectivity index (χ1v) is 6.48. The van der Waals surface area contributed by atoms with Gasteiger partial charge in [-0.3, -0.25) is 0 Å². The number of aryl methyl sites for hydroxylation is 2. The number of fused-ring (bicyclic) bond motifs is 1. The van der Waals surface area contributed by atoms with Crippen LogP contribution in [0, 0.1) is 0 Å². The Bertz CT molecular complexity index is 481. The second-order valence-corrected chi connectivity index (χ2v) is 5.01. The molecule has 0 saturated heterocycles.